The van der Waals surface area contributed by atoms with E-state index in [1.54, 1.807) is 17.4 Å². The predicted octanol–water partition coefficient (Wildman–Crippen LogP) is 4.50. The molecule has 90 valence electrons. The van der Waals surface area contributed by atoms with E-state index in [-0.39, 0.29) is 11.9 Å². The highest BCUT2D eigenvalue weighted by atomic mass is 127. The lowest BCUT2D eigenvalue weighted by molar-refractivity contribution is 0.624. The van der Waals surface area contributed by atoms with Crippen LogP contribution in [0, 0.1) is 8.70 Å². The molecule has 1 atom stereocenters. The highest BCUT2D eigenvalue weighted by Crippen LogP contribution is 2.26. The third kappa shape index (κ3) is 3.49. The second-order valence-electron chi connectivity index (χ2n) is 3.73. The highest BCUT2D eigenvalue weighted by Gasteiger charge is 2.11. The fraction of sp³-hybridized carbons (Fsp3) is 0.167. The molecule has 2 aromatic rings. The SMILES string of the molecule is NC(Cc1ccc(F)cc1Br)c1csc(I)c1. The van der Waals surface area contributed by atoms with Crippen molar-refractivity contribution in [3.8, 4) is 0 Å². The molecule has 5 heteroatoms. The molecule has 0 fully saturated rings. The Morgan fingerprint density at radius 3 is 2.76 bits per heavy atom. The van der Waals surface area contributed by atoms with Crippen LogP contribution in [0.25, 0.3) is 0 Å². The molecule has 0 radical (unpaired) electrons. The third-order valence-corrected chi connectivity index (χ3v) is 5.02. The summed E-state index contributed by atoms with van der Waals surface area (Å²) >= 11 is 7.32. The Morgan fingerprint density at radius 2 is 2.18 bits per heavy atom. The fourth-order valence-electron chi connectivity index (χ4n) is 1.56. The third-order valence-electron chi connectivity index (χ3n) is 2.47. The Balaban J connectivity index is 2.15. The molecule has 0 saturated heterocycles. The van der Waals surface area contributed by atoms with E-state index < -0.39 is 0 Å². The monoisotopic (exact) mass is 425 g/mol. The van der Waals surface area contributed by atoms with Crippen LogP contribution in [-0.4, -0.2) is 0 Å². The van der Waals surface area contributed by atoms with Crippen molar-refractivity contribution in [1.29, 1.82) is 0 Å². The van der Waals surface area contributed by atoms with E-state index in [2.05, 4.69) is 50.0 Å². The lowest BCUT2D eigenvalue weighted by Crippen LogP contribution is -2.12. The number of rotatable bonds is 3. The molecule has 17 heavy (non-hydrogen) atoms. The number of hydrogen-bond acceptors (Lipinski definition) is 2. The van der Waals surface area contributed by atoms with E-state index in [0.717, 1.165) is 15.6 Å². The molecule has 1 aromatic heterocycles. The van der Waals surface area contributed by atoms with Crippen LogP contribution in [0.4, 0.5) is 4.39 Å². The van der Waals surface area contributed by atoms with Crippen LogP contribution in [0.1, 0.15) is 17.2 Å². The number of hydrogen-bond donors (Lipinski definition) is 1. The minimum atomic E-state index is -0.237. The van der Waals surface area contributed by atoms with Gasteiger partial charge in [0.15, 0.2) is 0 Å². The van der Waals surface area contributed by atoms with Crippen LogP contribution in [0.3, 0.4) is 0 Å². The summed E-state index contributed by atoms with van der Waals surface area (Å²) in [6, 6.07) is 6.75. The number of nitrogens with two attached hydrogens (primary N) is 1. The summed E-state index contributed by atoms with van der Waals surface area (Å²) in [4.78, 5) is 0. The van der Waals surface area contributed by atoms with Gasteiger partial charge in [0.1, 0.15) is 5.82 Å². The van der Waals surface area contributed by atoms with Gasteiger partial charge in [0, 0.05) is 10.5 Å². The summed E-state index contributed by atoms with van der Waals surface area (Å²) in [5, 5.41) is 2.07. The number of halogens is 3. The van der Waals surface area contributed by atoms with Crippen LogP contribution >= 0.6 is 49.9 Å². The van der Waals surface area contributed by atoms with Gasteiger partial charge in [-0.25, -0.2) is 4.39 Å². The van der Waals surface area contributed by atoms with Crippen molar-refractivity contribution < 1.29 is 4.39 Å². The van der Waals surface area contributed by atoms with Crippen molar-refractivity contribution in [2.24, 2.45) is 5.73 Å². The van der Waals surface area contributed by atoms with Crippen LogP contribution in [-0.2, 0) is 6.42 Å². The topological polar surface area (TPSA) is 26.0 Å². The first-order chi connectivity index (χ1) is 8.06. The molecule has 0 amide bonds. The molecule has 0 spiro atoms. The molecule has 1 aromatic carbocycles. The van der Waals surface area contributed by atoms with Crippen LogP contribution in [0.5, 0.6) is 0 Å². The Hall–Kier alpha value is 0.0200. The highest BCUT2D eigenvalue weighted by molar-refractivity contribution is 14.1. The van der Waals surface area contributed by atoms with Crippen LogP contribution in [0.2, 0.25) is 0 Å². The summed E-state index contributed by atoms with van der Waals surface area (Å²) in [6.45, 7) is 0. The van der Waals surface area contributed by atoms with Gasteiger partial charge in [-0.1, -0.05) is 22.0 Å². The van der Waals surface area contributed by atoms with Gasteiger partial charge >= 0.3 is 0 Å². The molecule has 1 unspecified atom stereocenters. The molecular formula is C12H10BrFINS. The Labute approximate surface area is 125 Å². The van der Waals surface area contributed by atoms with E-state index >= 15 is 0 Å². The largest absolute Gasteiger partial charge is 0.324 e. The summed E-state index contributed by atoms with van der Waals surface area (Å²) in [5.41, 5.74) is 8.30. The number of thiophene rings is 1. The average molecular weight is 426 g/mol. The molecule has 0 aliphatic heterocycles. The van der Waals surface area contributed by atoms with E-state index in [4.69, 9.17) is 5.73 Å². The van der Waals surface area contributed by atoms with Crippen LogP contribution < -0.4 is 5.73 Å². The fourth-order valence-corrected chi connectivity index (χ4v) is 3.51. The first-order valence-corrected chi connectivity index (χ1v) is 7.75. The summed E-state index contributed by atoms with van der Waals surface area (Å²) in [6.07, 6.45) is 0.702. The lowest BCUT2D eigenvalue weighted by atomic mass is 10.0. The molecule has 2 rings (SSSR count). The van der Waals surface area contributed by atoms with Crippen molar-refractivity contribution in [3.05, 3.63) is 53.9 Å². The Kier molecular flexibility index (Phi) is 4.57. The van der Waals surface area contributed by atoms with E-state index in [1.165, 1.54) is 15.0 Å². The van der Waals surface area contributed by atoms with Gasteiger partial charge in [-0.3, -0.25) is 0 Å². The van der Waals surface area contributed by atoms with Gasteiger partial charge in [-0.2, -0.15) is 0 Å². The predicted molar refractivity (Wildman–Crippen MR) is 81.8 cm³/mol. The van der Waals surface area contributed by atoms with Gasteiger partial charge in [-0.15, -0.1) is 11.3 Å². The normalized spacial score (nSPS) is 12.7. The van der Waals surface area contributed by atoms with Crippen molar-refractivity contribution >= 4 is 49.9 Å². The van der Waals surface area contributed by atoms with E-state index in [0.29, 0.717) is 6.42 Å². The molecule has 0 bridgehead atoms. The molecular weight excluding hydrogens is 416 g/mol. The van der Waals surface area contributed by atoms with E-state index in [1.807, 2.05) is 0 Å². The minimum Gasteiger partial charge on any atom is -0.324 e. The van der Waals surface area contributed by atoms with Gasteiger partial charge in [-0.05, 0) is 63.7 Å². The van der Waals surface area contributed by atoms with E-state index in [9.17, 15) is 4.39 Å². The zero-order valence-corrected chi connectivity index (χ0v) is 13.4. The maximum atomic E-state index is 13.0. The van der Waals surface area contributed by atoms with Crippen molar-refractivity contribution in [2.45, 2.75) is 12.5 Å². The first kappa shape index (κ1) is 13.5. The second kappa shape index (κ2) is 5.77. The first-order valence-electron chi connectivity index (χ1n) is 4.99. The molecule has 1 heterocycles. The van der Waals surface area contributed by atoms with Gasteiger partial charge in [0.25, 0.3) is 0 Å². The summed E-state index contributed by atoms with van der Waals surface area (Å²) in [7, 11) is 0. The second-order valence-corrected chi connectivity index (χ2v) is 7.39. The van der Waals surface area contributed by atoms with Crippen molar-refractivity contribution in [1.82, 2.24) is 0 Å². The molecule has 1 nitrogen and oxygen atoms in total. The smallest absolute Gasteiger partial charge is 0.124 e. The van der Waals surface area contributed by atoms with Gasteiger partial charge in [0.05, 0.1) is 2.88 Å². The molecule has 0 saturated carbocycles. The average Bonchev–Trinajstić information content (AvgIpc) is 2.69. The van der Waals surface area contributed by atoms with Crippen LogP contribution in [0.15, 0.2) is 34.1 Å². The maximum absolute atomic E-state index is 13.0. The molecule has 0 aliphatic carbocycles. The summed E-state index contributed by atoms with van der Waals surface area (Å²) < 4.78 is 15.0. The van der Waals surface area contributed by atoms with Gasteiger partial charge in [0.2, 0.25) is 0 Å². The Bertz CT molecular complexity index is 529. The molecule has 2 N–H and O–H groups in total. The standard InChI is InChI=1S/C12H10BrFINS/c13-10-5-9(14)2-1-7(10)3-11(16)8-4-12(15)17-6-8/h1-2,4-6,11H,3,16H2. The molecule has 0 aliphatic rings. The quantitative estimate of drug-likeness (QED) is 0.720. The summed E-state index contributed by atoms with van der Waals surface area (Å²) in [5.74, 6) is -0.237. The van der Waals surface area contributed by atoms with Crippen molar-refractivity contribution in [2.75, 3.05) is 0 Å². The Morgan fingerprint density at radius 1 is 1.41 bits per heavy atom. The lowest BCUT2D eigenvalue weighted by Gasteiger charge is -2.11. The zero-order chi connectivity index (χ0) is 12.4. The van der Waals surface area contributed by atoms with Gasteiger partial charge < -0.3 is 5.73 Å². The maximum Gasteiger partial charge on any atom is 0.124 e. The number of benzene rings is 1. The minimum absolute atomic E-state index is 0.0449. The zero-order valence-electron chi connectivity index (χ0n) is 8.79. The van der Waals surface area contributed by atoms with Crippen molar-refractivity contribution in [3.63, 3.8) is 0 Å².